The zero-order chi connectivity index (χ0) is 19.3. The Hall–Kier alpha value is -3.09. The highest BCUT2D eigenvalue weighted by atomic mass is 19.4. The first-order chi connectivity index (χ1) is 12.8. The molecule has 1 unspecified atom stereocenters. The Morgan fingerprint density at radius 2 is 1.85 bits per heavy atom. The zero-order valence-electron chi connectivity index (χ0n) is 14.3. The number of carbonyl (C=O) groups excluding carboxylic acids is 1. The van der Waals surface area contributed by atoms with Crippen molar-refractivity contribution in [3.05, 3.63) is 75.6 Å². The molecule has 0 aliphatic carbocycles. The number of amides is 1. The van der Waals surface area contributed by atoms with Crippen LogP contribution in [-0.2, 0) is 12.6 Å². The molecule has 138 valence electrons. The summed E-state index contributed by atoms with van der Waals surface area (Å²) in [4.78, 5) is 25.4. The fraction of sp³-hybridized carbons (Fsp3) is 0.200. The van der Waals surface area contributed by atoms with E-state index in [-0.39, 0.29) is 22.7 Å². The van der Waals surface area contributed by atoms with E-state index in [9.17, 15) is 22.8 Å². The molecule has 3 aromatic rings. The van der Waals surface area contributed by atoms with Gasteiger partial charge in [-0.25, -0.2) is 0 Å². The lowest BCUT2D eigenvalue weighted by Gasteiger charge is -2.13. The normalized spacial score (nSPS) is 15.9. The van der Waals surface area contributed by atoms with E-state index >= 15 is 0 Å². The summed E-state index contributed by atoms with van der Waals surface area (Å²) in [6, 6.07) is 9.65. The van der Waals surface area contributed by atoms with E-state index in [2.05, 4.69) is 5.32 Å². The number of halogens is 3. The first-order valence-corrected chi connectivity index (χ1v) is 8.41. The van der Waals surface area contributed by atoms with Gasteiger partial charge in [0, 0.05) is 23.3 Å². The standard InChI is InChI=1S/C20H15F3N2O2/c1-11-9-12-3-2-4-15-17(12)25(11)10-16(18(15)26)19(27)24-14-7-5-13(6-8-14)20(21,22)23/h2-8,10-11H,9H2,1H3,(H,24,27). The summed E-state index contributed by atoms with van der Waals surface area (Å²) in [5.41, 5.74) is 0.860. The molecule has 0 saturated carbocycles. The largest absolute Gasteiger partial charge is 0.416 e. The highest BCUT2D eigenvalue weighted by Crippen LogP contribution is 2.31. The van der Waals surface area contributed by atoms with Crippen LogP contribution < -0.4 is 10.7 Å². The number of carbonyl (C=O) groups is 1. The Balaban J connectivity index is 1.70. The quantitative estimate of drug-likeness (QED) is 0.725. The summed E-state index contributed by atoms with van der Waals surface area (Å²) >= 11 is 0. The highest BCUT2D eigenvalue weighted by Gasteiger charge is 2.30. The minimum Gasteiger partial charge on any atom is -0.343 e. The maximum atomic E-state index is 12.8. The van der Waals surface area contributed by atoms with Crippen LogP contribution in [0, 0.1) is 0 Å². The second kappa shape index (κ2) is 5.97. The fourth-order valence-electron chi connectivity index (χ4n) is 3.52. The van der Waals surface area contributed by atoms with Crippen LogP contribution in [0.3, 0.4) is 0 Å². The number of benzene rings is 2. The third-order valence-corrected chi connectivity index (χ3v) is 4.84. The van der Waals surface area contributed by atoms with Gasteiger partial charge in [-0.15, -0.1) is 0 Å². The summed E-state index contributed by atoms with van der Waals surface area (Å²) in [5.74, 6) is -0.644. The summed E-state index contributed by atoms with van der Waals surface area (Å²) < 4.78 is 39.8. The van der Waals surface area contributed by atoms with Gasteiger partial charge in [-0.2, -0.15) is 13.2 Å². The first-order valence-electron chi connectivity index (χ1n) is 8.41. The molecule has 0 radical (unpaired) electrons. The number of nitrogens with zero attached hydrogens (tertiary/aromatic N) is 1. The van der Waals surface area contributed by atoms with Crippen molar-refractivity contribution in [1.82, 2.24) is 4.57 Å². The van der Waals surface area contributed by atoms with Crippen LogP contribution in [0.5, 0.6) is 0 Å². The second-order valence-electron chi connectivity index (χ2n) is 6.67. The van der Waals surface area contributed by atoms with Gasteiger partial charge < -0.3 is 9.88 Å². The number of hydrogen-bond donors (Lipinski definition) is 1. The minimum atomic E-state index is -4.45. The molecule has 0 fully saturated rings. The average molecular weight is 372 g/mol. The van der Waals surface area contributed by atoms with Crippen molar-refractivity contribution in [2.24, 2.45) is 0 Å². The van der Waals surface area contributed by atoms with Crippen LogP contribution in [0.2, 0.25) is 0 Å². The molecule has 1 amide bonds. The predicted octanol–water partition coefficient (Wildman–Crippen LogP) is 4.39. The van der Waals surface area contributed by atoms with E-state index in [1.165, 1.54) is 18.3 Å². The molecule has 4 nitrogen and oxygen atoms in total. The highest BCUT2D eigenvalue weighted by molar-refractivity contribution is 6.06. The van der Waals surface area contributed by atoms with E-state index in [1.807, 2.05) is 17.6 Å². The maximum absolute atomic E-state index is 12.8. The third kappa shape index (κ3) is 2.89. The van der Waals surface area contributed by atoms with E-state index in [0.717, 1.165) is 29.6 Å². The topological polar surface area (TPSA) is 51.1 Å². The molecule has 7 heteroatoms. The van der Waals surface area contributed by atoms with Gasteiger partial charge in [-0.1, -0.05) is 12.1 Å². The third-order valence-electron chi connectivity index (χ3n) is 4.84. The number of alkyl halides is 3. The summed E-state index contributed by atoms with van der Waals surface area (Å²) in [5, 5.41) is 2.98. The molecule has 1 aliphatic heterocycles. The molecular formula is C20H15F3N2O2. The molecular weight excluding hydrogens is 357 g/mol. The minimum absolute atomic E-state index is 0.0340. The number of nitrogens with one attached hydrogen (secondary N) is 1. The number of hydrogen-bond acceptors (Lipinski definition) is 2. The molecule has 1 aromatic heterocycles. The Bertz CT molecular complexity index is 1120. The van der Waals surface area contributed by atoms with Crippen LogP contribution in [0.1, 0.15) is 34.5 Å². The van der Waals surface area contributed by atoms with Crippen LogP contribution in [0.4, 0.5) is 18.9 Å². The van der Waals surface area contributed by atoms with E-state index in [0.29, 0.717) is 5.39 Å². The molecule has 27 heavy (non-hydrogen) atoms. The van der Waals surface area contributed by atoms with Crippen molar-refractivity contribution in [2.75, 3.05) is 5.32 Å². The van der Waals surface area contributed by atoms with Crippen LogP contribution >= 0.6 is 0 Å². The predicted molar refractivity (Wildman–Crippen MR) is 96.0 cm³/mol. The molecule has 1 atom stereocenters. The molecule has 2 aromatic carbocycles. The van der Waals surface area contributed by atoms with Gasteiger partial charge >= 0.3 is 6.18 Å². The van der Waals surface area contributed by atoms with Gasteiger partial charge in [-0.3, -0.25) is 9.59 Å². The van der Waals surface area contributed by atoms with Crippen LogP contribution in [-0.4, -0.2) is 10.5 Å². The van der Waals surface area contributed by atoms with Gasteiger partial charge in [-0.05, 0) is 49.2 Å². The summed E-state index contributed by atoms with van der Waals surface area (Å²) in [6.07, 6.45) is -2.14. The lowest BCUT2D eigenvalue weighted by atomic mass is 10.1. The Labute approximate surface area is 152 Å². The summed E-state index contributed by atoms with van der Waals surface area (Å²) in [7, 11) is 0. The Morgan fingerprint density at radius 3 is 2.52 bits per heavy atom. The van der Waals surface area contributed by atoms with Crippen molar-refractivity contribution in [2.45, 2.75) is 25.6 Å². The van der Waals surface area contributed by atoms with Gasteiger partial charge in [0.15, 0.2) is 0 Å². The Morgan fingerprint density at radius 1 is 1.15 bits per heavy atom. The number of pyridine rings is 1. The van der Waals surface area contributed by atoms with Gasteiger partial charge in [0.1, 0.15) is 5.56 Å². The lowest BCUT2D eigenvalue weighted by molar-refractivity contribution is -0.137. The molecule has 4 rings (SSSR count). The van der Waals surface area contributed by atoms with Gasteiger partial charge in [0.05, 0.1) is 11.1 Å². The Kier molecular flexibility index (Phi) is 3.83. The molecule has 2 heterocycles. The van der Waals surface area contributed by atoms with Crippen LogP contribution in [0.15, 0.2) is 53.5 Å². The monoisotopic (exact) mass is 372 g/mol. The lowest BCUT2D eigenvalue weighted by Crippen LogP contribution is -2.23. The molecule has 1 aliphatic rings. The molecule has 0 spiro atoms. The zero-order valence-corrected chi connectivity index (χ0v) is 14.3. The molecule has 1 N–H and O–H groups in total. The van der Waals surface area contributed by atoms with Gasteiger partial charge in [0.25, 0.3) is 5.91 Å². The van der Waals surface area contributed by atoms with Crippen LogP contribution in [0.25, 0.3) is 10.9 Å². The average Bonchev–Trinajstić information content (AvgIpc) is 2.94. The first kappa shape index (κ1) is 17.3. The number of aromatic nitrogens is 1. The smallest absolute Gasteiger partial charge is 0.343 e. The van der Waals surface area contributed by atoms with Crippen molar-refractivity contribution < 1.29 is 18.0 Å². The van der Waals surface area contributed by atoms with Crippen molar-refractivity contribution in [3.63, 3.8) is 0 Å². The summed E-state index contributed by atoms with van der Waals surface area (Å²) in [6.45, 7) is 2.00. The number of anilines is 1. The fourth-order valence-corrected chi connectivity index (χ4v) is 3.52. The SMILES string of the molecule is CC1Cc2cccc3c(=O)c(C(=O)Nc4ccc(C(F)(F)F)cc4)cn1c23. The maximum Gasteiger partial charge on any atom is 0.416 e. The van der Waals surface area contributed by atoms with E-state index in [1.54, 1.807) is 12.1 Å². The van der Waals surface area contributed by atoms with Crippen molar-refractivity contribution in [1.29, 1.82) is 0 Å². The van der Waals surface area contributed by atoms with Crippen molar-refractivity contribution >= 4 is 22.5 Å². The number of rotatable bonds is 2. The number of para-hydroxylation sites is 1. The van der Waals surface area contributed by atoms with Gasteiger partial charge in [0.2, 0.25) is 5.43 Å². The second-order valence-corrected chi connectivity index (χ2v) is 6.67. The van der Waals surface area contributed by atoms with E-state index < -0.39 is 17.6 Å². The molecule has 0 bridgehead atoms. The molecule has 0 saturated heterocycles. The van der Waals surface area contributed by atoms with Crippen molar-refractivity contribution in [3.8, 4) is 0 Å². The van der Waals surface area contributed by atoms with E-state index in [4.69, 9.17) is 0 Å².